The highest BCUT2D eigenvalue weighted by Crippen LogP contribution is 2.21. The van der Waals surface area contributed by atoms with Gasteiger partial charge in [0.2, 0.25) is 0 Å². The molecule has 0 unspecified atom stereocenters. The van der Waals surface area contributed by atoms with Crippen LogP contribution >= 0.6 is 0 Å². The molecule has 0 radical (unpaired) electrons. The fraction of sp³-hybridized carbons (Fsp3) is 0. The van der Waals surface area contributed by atoms with Gasteiger partial charge in [-0.1, -0.05) is 5.56 Å². The van der Waals surface area contributed by atoms with Crippen molar-refractivity contribution in [3.05, 3.63) is 41.1 Å². The lowest BCUT2D eigenvalue weighted by molar-refractivity contribution is 0.376. The zero-order valence-corrected chi connectivity index (χ0v) is 5.89. The van der Waals surface area contributed by atoms with E-state index in [-0.39, 0.29) is 0 Å². The van der Waals surface area contributed by atoms with Gasteiger partial charge in [0.15, 0.2) is 17.5 Å². The summed E-state index contributed by atoms with van der Waals surface area (Å²) in [7, 11) is 0. The van der Waals surface area contributed by atoms with Crippen molar-refractivity contribution in [3.63, 3.8) is 0 Å². The Labute approximate surface area is 70.0 Å². The molecule has 0 nitrogen and oxygen atoms in total. The van der Waals surface area contributed by atoms with E-state index in [0.29, 0.717) is 0 Å². The van der Waals surface area contributed by atoms with Crippen molar-refractivity contribution in [3.8, 4) is 5.92 Å². The van der Waals surface area contributed by atoms with Crippen LogP contribution < -0.4 is 0 Å². The monoisotopic (exact) mass is 191 g/mol. The first-order valence-electron chi connectivity index (χ1n) is 2.94. The Kier molecular flexibility index (Phi) is 2.24. The predicted octanol–water partition coefficient (Wildman–Crippen LogP) is 2.32. The Morgan fingerprint density at radius 2 is 1.00 bits per heavy atom. The Bertz CT molecular complexity index is 373. The van der Waals surface area contributed by atoms with Gasteiger partial charge in [0, 0.05) is 0 Å². The highest BCUT2D eigenvalue weighted by Gasteiger charge is 2.18. The molecule has 13 heavy (non-hydrogen) atoms. The minimum absolute atomic E-state index is 1.13. The van der Waals surface area contributed by atoms with Crippen molar-refractivity contribution in [1.82, 2.24) is 0 Å². The fourth-order valence-corrected chi connectivity index (χ4v) is 0.715. The maximum absolute atomic E-state index is 12.5. The largest absolute Gasteiger partial charge is 0.366 e. The van der Waals surface area contributed by atoms with Gasteiger partial charge in [-0.2, -0.15) is 0 Å². The molecule has 0 heterocycles. The first kappa shape index (κ1) is 9.52. The average molecular weight is 191 g/mol. The second-order valence-corrected chi connectivity index (χ2v) is 2.07. The molecule has 0 amide bonds. The third-order valence-corrected chi connectivity index (χ3v) is 1.33. The summed E-state index contributed by atoms with van der Waals surface area (Å²) in [4.78, 5) is 0. The van der Waals surface area contributed by atoms with Crippen molar-refractivity contribution < 1.29 is 22.0 Å². The quantitative estimate of drug-likeness (QED) is 0.194. The normalized spacial score (nSPS) is 9.85. The van der Waals surface area contributed by atoms with Crippen LogP contribution in [0.3, 0.4) is 0 Å². The van der Waals surface area contributed by atoms with Gasteiger partial charge in [-0.05, 0) is 0 Å². The summed E-state index contributed by atoms with van der Waals surface area (Å²) in [5.41, 5.74) is -1.36. The summed E-state index contributed by atoms with van der Waals surface area (Å²) in [6.07, 6.45) is 6.30. The van der Waals surface area contributed by atoms with Crippen LogP contribution in [-0.2, 0) is 0 Å². The van der Waals surface area contributed by atoms with E-state index >= 15 is 0 Å². The highest BCUT2D eigenvalue weighted by molar-refractivity contribution is 5.35. The maximum Gasteiger partial charge on any atom is 0.197 e. The van der Waals surface area contributed by atoms with Crippen molar-refractivity contribution >= 4 is 0 Å². The summed E-state index contributed by atoms with van der Waals surface area (Å²) in [5, 5.41) is 0. The molecule has 0 fully saturated rings. The first-order chi connectivity index (χ1) is 6.00. The van der Waals surface area contributed by atoms with Gasteiger partial charge in [-0.15, -0.1) is 0 Å². The number of hydrogen-bond donors (Lipinski definition) is 0. The summed E-state index contributed by atoms with van der Waals surface area (Å²) >= 11 is 0. The van der Waals surface area contributed by atoms with Crippen LogP contribution in [0.5, 0.6) is 0 Å². The SMILES string of the molecule is [C-]#Cc1c(F)c(F)c(F)c(F)c1F. The van der Waals surface area contributed by atoms with Gasteiger partial charge in [-0.25, -0.2) is 22.0 Å². The molecule has 0 aliphatic carbocycles. The van der Waals surface area contributed by atoms with Crippen LogP contribution in [0.2, 0.25) is 0 Å². The third-order valence-electron chi connectivity index (χ3n) is 1.33. The molecule has 1 aromatic rings. The maximum atomic E-state index is 12.5. The molecule has 5 heteroatoms. The predicted molar refractivity (Wildman–Crippen MR) is 32.5 cm³/mol. The van der Waals surface area contributed by atoms with Crippen molar-refractivity contribution in [2.24, 2.45) is 0 Å². The standard InChI is InChI=1S/C8F5/c1-2-3-4(9)6(11)8(13)7(12)5(3)10/q-1. The Balaban J connectivity index is 3.69. The summed E-state index contributed by atoms with van der Waals surface area (Å²) < 4.78 is 61.9. The first-order valence-corrected chi connectivity index (χ1v) is 2.94. The molecule has 0 spiro atoms. The molecule has 0 N–H and O–H groups in total. The lowest BCUT2D eigenvalue weighted by Crippen LogP contribution is -2.04. The number of halogens is 5. The van der Waals surface area contributed by atoms with E-state index in [9.17, 15) is 22.0 Å². The molecule has 0 aliphatic rings. The number of hydrogen-bond acceptors (Lipinski definition) is 0. The van der Waals surface area contributed by atoms with Crippen LogP contribution in [0.1, 0.15) is 5.56 Å². The molecule has 0 saturated carbocycles. The minimum Gasteiger partial charge on any atom is -0.366 e. The highest BCUT2D eigenvalue weighted by atomic mass is 19.2. The van der Waals surface area contributed by atoms with E-state index < -0.39 is 34.6 Å². The lowest BCUT2D eigenvalue weighted by atomic mass is 10.2. The molecule has 0 atom stereocenters. The molecule has 68 valence electrons. The molecule has 1 rings (SSSR count). The van der Waals surface area contributed by atoms with Crippen LogP contribution in [0.15, 0.2) is 0 Å². The summed E-state index contributed by atoms with van der Waals surface area (Å²) in [6.45, 7) is 0. The lowest BCUT2D eigenvalue weighted by Gasteiger charge is -2.08. The number of benzene rings is 1. The number of rotatable bonds is 0. The van der Waals surface area contributed by atoms with Gasteiger partial charge in [-0.3, -0.25) is 5.92 Å². The van der Waals surface area contributed by atoms with Crippen molar-refractivity contribution in [2.45, 2.75) is 0 Å². The van der Waals surface area contributed by atoms with Crippen LogP contribution in [0.25, 0.3) is 0 Å². The molecule has 0 aliphatic heterocycles. The average Bonchev–Trinajstić information content (AvgIpc) is 2.13. The van der Waals surface area contributed by atoms with Crippen LogP contribution in [0, 0.1) is 41.4 Å². The van der Waals surface area contributed by atoms with Crippen molar-refractivity contribution in [2.75, 3.05) is 0 Å². The molecular formula is C8F5-. The second kappa shape index (κ2) is 3.05. The van der Waals surface area contributed by atoms with Gasteiger partial charge >= 0.3 is 0 Å². The molecule has 1 aromatic carbocycles. The van der Waals surface area contributed by atoms with Gasteiger partial charge in [0.25, 0.3) is 0 Å². The zero-order chi connectivity index (χ0) is 10.2. The summed E-state index contributed by atoms with van der Waals surface area (Å²) in [6, 6.07) is 0. The smallest absolute Gasteiger partial charge is 0.197 e. The molecule has 0 aromatic heterocycles. The van der Waals surface area contributed by atoms with E-state index in [1.807, 2.05) is 0 Å². The zero-order valence-electron chi connectivity index (χ0n) is 5.89. The van der Waals surface area contributed by atoms with Crippen molar-refractivity contribution in [1.29, 1.82) is 0 Å². The Morgan fingerprint density at radius 3 is 1.31 bits per heavy atom. The third kappa shape index (κ3) is 1.24. The van der Waals surface area contributed by atoms with E-state index in [1.165, 1.54) is 0 Å². The van der Waals surface area contributed by atoms with E-state index in [0.717, 1.165) is 5.92 Å². The summed E-state index contributed by atoms with van der Waals surface area (Å²) in [5.74, 6) is -9.37. The van der Waals surface area contributed by atoms with E-state index in [2.05, 4.69) is 0 Å². The van der Waals surface area contributed by atoms with Gasteiger partial charge in [0.1, 0.15) is 0 Å². The van der Waals surface area contributed by atoms with E-state index in [4.69, 9.17) is 6.42 Å². The molecular weight excluding hydrogens is 191 g/mol. The van der Waals surface area contributed by atoms with Crippen LogP contribution in [-0.4, -0.2) is 0 Å². The Hall–Kier alpha value is -1.57. The molecule has 0 bridgehead atoms. The van der Waals surface area contributed by atoms with Crippen LogP contribution in [0.4, 0.5) is 22.0 Å². The van der Waals surface area contributed by atoms with Gasteiger partial charge < -0.3 is 6.42 Å². The second-order valence-electron chi connectivity index (χ2n) is 2.07. The van der Waals surface area contributed by atoms with Gasteiger partial charge in [0.05, 0.1) is 11.6 Å². The minimum atomic E-state index is -2.24. The van der Waals surface area contributed by atoms with E-state index in [1.54, 1.807) is 0 Å². The molecule has 0 saturated heterocycles. The Morgan fingerprint density at radius 1 is 0.692 bits per heavy atom. The fourth-order valence-electron chi connectivity index (χ4n) is 0.715. The topological polar surface area (TPSA) is 0 Å².